The first kappa shape index (κ1) is 16.7. The molecule has 1 aliphatic carbocycles. The second-order valence-electron chi connectivity index (χ2n) is 6.16. The molecule has 0 unspecified atom stereocenters. The number of fused-ring (bicyclic) bond motifs is 3. The van der Waals surface area contributed by atoms with E-state index in [1.54, 1.807) is 27.7 Å². The van der Waals surface area contributed by atoms with E-state index < -0.39 is 0 Å². The minimum atomic E-state index is 0.104. The molecule has 6 heteroatoms. The van der Waals surface area contributed by atoms with Gasteiger partial charge in [0, 0.05) is 17.7 Å². The lowest BCUT2D eigenvalue weighted by Crippen LogP contribution is -2.20. The topological polar surface area (TPSA) is 44.1 Å². The Kier molecular flexibility index (Phi) is 4.81. The Bertz CT molecular complexity index is 947. The first-order valence-corrected chi connectivity index (χ1v) is 10.4. The third kappa shape index (κ3) is 3.33. The zero-order valence-corrected chi connectivity index (χ0v) is 15.8. The van der Waals surface area contributed by atoms with Gasteiger partial charge in [0.1, 0.15) is 10.6 Å². The van der Waals surface area contributed by atoms with Crippen molar-refractivity contribution in [3.63, 3.8) is 0 Å². The van der Waals surface area contributed by atoms with Gasteiger partial charge in [0.15, 0.2) is 5.16 Å². The predicted molar refractivity (Wildman–Crippen MR) is 104 cm³/mol. The van der Waals surface area contributed by atoms with Gasteiger partial charge in [-0.05, 0) is 43.4 Å². The van der Waals surface area contributed by atoms with E-state index >= 15 is 0 Å². The molecule has 0 aliphatic heterocycles. The van der Waals surface area contributed by atoms with E-state index in [1.807, 2.05) is 37.4 Å². The summed E-state index contributed by atoms with van der Waals surface area (Å²) >= 11 is 3.33. The monoisotopic (exact) mass is 372 g/mol. The summed E-state index contributed by atoms with van der Waals surface area (Å²) < 4.78 is 7.41. The van der Waals surface area contributed by atoms with Crippen LogP contribution in [0.15, 0.2) is 40.3 Å². The Balaban J connectivity index is 1.42. The number of rotatable bonds is 6. The Morgan fingerprint density at radius 3 is 2.96 bits per heavy atom. The van der Waals surface area contributed by atoms with Crippen LogP contribution in [0.5, 0.6) is 5.75 Å². The quantitative estimate of drug-likeness (QED) is 0.372. The molecule has 0 fully saturated rings. The van der Waals surface area contributed by atoms with Crippen LogP contribution in [0.3, 0.4) is 0 Å². The molecule has 0 amide bonds. The van der Waals surface area contributed by atoms with Crippen LogP contribution < -0.4 is 10.3 Å². The third-order valence-corrected chi connectivity index (χ3v) is 6.74. The highest BCUT2D eigenvalue weighted by Gasteiger charge is 2.22. The predicted octanol–water partition coefficient (Wildman–Crippen LogP) is 4.04. The standard InChI is InChI=1S/C19H20N2O2S2/c1-21-18(22)16-14-9-5-10-15(14)25-17(16)20-19(21)24-12-6-11-23-13-7-3-2-4-8-13/h2-4,7-8H,5-6,9-12H2,1H3. The van der Waals surface area contributed by atoms with E-state index in [0.717, 1.165) is 52.6 Å². The van der Waals surface area contributed by atoms with Crippen LogP contribution in [0.2, 0.25) is 0 Å². The summed E-state index contributed by atoms with van der Waals surface area (Å²) in [7, 11) is 1.83. The van der Waals surface area contributed by atoms with Crippen molar-refractivity contribution in [1.29, 1.82) is 0 Å². The van der Waals surface area contributed by atoms with Crippen molar-refractivity contribution < 1.29 is 4.74 Å². The average molecular weight is 373 g/mol. The molecule has 0 N–H and O–H groups in total. The van der Waals surface area contributed by atoms with Crippen molar-refractivity contribution in [2.45, 2.75) is 30.8 Å². The van der Waals surface area contributed by atoms with Crippen LogP contribution in [0.25, 0.3) is 10.2 Å². The number of hydrogen-bond acceptors (Lipinski definition) is 5. The number of aromatic nitrogens is 2. The van der Waals surface area contributed by atoms with Crippen molar-refractivity contribution in [3.8, 4) is 5.75 Å². The highest BCUT2D eigenvalue weighted by molar-refractivity contribution is 7.99. The molecule has 0 saturated heterocycles. The van der Waals surface area contributed by atoms with Crippen LogP contribution in [-0.2, 0) is 19.9 Å². The van der Waals surface area contributed by atoms with E-state index in [-0.39, 0.29) is 5.56 Å². The lowest BCUT2D eigenvalue weighted by Gasteiger charge is -2.08. The van der Waals surface area contributed by atoms with E-state index in [9.17, 15) is 4.79 Å². The number of aryl methyl sites for hydroxylation is 2. The van der Waals surface area contributed by atoms with Crippen LogP contribution in [-0.4, -0.2) is 21.9 Å². The Morgan fingerprint density at radius 1 is 1.28 bits per heavy atom. The number of ether oxygens (including phenoxy) is 1. The van der Waals surface area contributed by atoms with Crippen LogP contribution in [0.4, 0.5) is 0 Å². The van der Waals surface area contributed by atoms with Crippen LogP contribution in [0.1, 0.15) is 23.3 Å². The molecule has 4 nitrogen and oxygen atoms in total. The summed E-state index contributed by atoms with van der Waals surface area (Å²) in [5.74, 6) is 1.77. The molecule has 25 heavy (non-hydrogen) atoms. The molecular weight excluding hydrogens is 352 g/mol. The number of benzene rings is 1. The molecular formula is C19H20N2O2S2. The van der Waals surface area contributed by atoms with Gasteiger partial charge < -0.3 is 4.74 Å². The van der Waals surface area contributed by atoms with Gasteiger partial charge in [-0.3, -0.25) is 9.36 Å². The number of nitrogens with zero attached hydrogens (tertiary/aromatic N) is 2. The molecule has 0 atom stereocenters. The van der Waals surface area contributed by atoms with E-state index in [1.165, 1.54) is 10.4 Å². The number of hydrogen-bond donors (Lipinski definition) is 0. The van der Waals surface area contributed by atoms with Crippen molar-refractivity contribution in [1.82, 2.24) is 9.55 Å². The lowest BCUT2D eigenvalue weighted by molar-refractivity contribution is 0.318. The maximum atomic E-state index is 12.7. The number of thioether (sulfide) groups is 1. The highest BCUT2D eigenvalue weighted by atomic mass is 32.2. The van der Waals surface area contributed by atoms with Gasteiger partial charge in [-0.25, -0.2) is 4.98 Å². The maximum Gasteiger partial charge on any atom is 0.262 e. The maximum absolute atomic E-state index is 12.7. The molecule has 0 bridgehead atoms. The molecule has 4 rings (SSSR count). The minimum absolute atomic E-state index is 0.104. The molecule has 2 aromatic heterocycles. The summed E-state index contributed by atoms with van der Waals surface area (Å²) in [6, 6.07) is 9.84. The fraction of sp³-hybridized carbons (Fsp3) is 0.368. The molecule has 0 spiro atoms. The molecule has 0 radical (unpaired) electrons. The van der Waals surface area contributed by atoms with E-state index in [2.05, 4.69) is 0 Å². The van der Waals surface area contributed by atoms with Gasteiger partial charge in [0.25, 0.3) is 5.56 Å². The Labute approximate surface area is 154 Å². The lowest BCUT2D eigenvalue weighted by atomic mass is 10.2. The van der Waals surface area contributed by atoms with Gasteiger partial charge in [-0.2, -0.15) is 0 Å². The van der Waals surface area contributed by atoms with Crippen molar-refractivity contribution in [3.05, 3.63) is 51.1 Å². The first-order chi connectivity index (χ1) is 12.2. The van der Waals surface area contributed by atoms with Gasteiger partial charge in [0.2, 0.25) is 0 Å². The summed E-state index contributed by atoms with van der Waals surface area (Å²) in [6.07, 6.45) is 4.20. The summed E-state index contributed by atoms with van der Waals surface area (Å²) in [5, 5.41) is 1.66. The van der Waals surface area contributed by atoms with Gasteiger partial charge >= 0.3 is 0 Å². The molecule has 0 saturated carbocycles. The third-order valence-electron chi connectivity index (χ3n) is 4.44. The number of thiophene rings is 1. The Morgan fingerprint density at radius 2 is 2.12 bits per heavy atom. The average Bonchev–Trinajstić information content (AvgIpc) is 3.20. The second kappa shape index (κ2) is 7.22. The first-order valence-electron chi connectivity index (χ1n) is 8.56. The normalized spacial score (nSPS) is 13.3. The van der Waals surface area contributed by atoms with Crippen molar-refractivity contribution >= 4 is 33.3 Å². The smallest absolute Gasteiger partial charge is 0.262 e. The summed E-state index contributed by atoms with van der Waals surface area (Å²) in [6.45, 7) is 0.667. The molecule has 1 aliphatic rings. The zero-order chi connectivity index (χ0) is 17.2. The van der Waals surface area contributed by atoms with Gasteiger partial charge in [0.05, 0.1) is 12.0 Å². The largest absolute Gasteiger partial charge is 0.494 e. The zero-order valence-electron chi connectivity index (χ0n) is 14.2. The second-order valence-corrected chi connectivity index (χ2v) is 8.31. The summed E-state index contributed by atoms with van der Waals surface area (Å²) in [4.78, 5) is 19.8. The van der Waals surface area contributed by atoms with Gasteiger partial charge in [-0.15, -0.1) is 11.3 Å². The minimum Gasteiger partial charge on any atom is -0.494 e. The number of para-hydroxylation sites is 1. The van der Waals surface area contributed by atoms with E-state index in [4.69, 9.17) is 9.72 Å². The fourth-order valence-electron chi connectivity index (χ4n) is 3.16. The summed E-state index contributed by atoms with van der Waals surface area (Å²) in [5.41, 5.74) is 1.35. The highest BCUT2D eigenvalue weighted by Crippen LogP contribution is 2.35. The molecule has 3 aromatic rings. The van der Waals surface area contributed by atoms with Crippen molar-refractivity contribution in [2.24, 2.45) is 7.05 Å². The molecule has 130 valence electrons. The van der Waals surface area contributed by atoms with Crippen LogP contribution in [0, 0.1) is 0 Å². The fourth-order valence-corrected chi connectivity index (χ4v) is 5.35. The van der Waals surface area contributed by atoms with Gasteiger partial charge in [-0.1, -0.05) is 30.0 Å². The van der Waals surface area contributed by atoms with Crippen molar-refractivity contribution in [2.75, 3.05) is 12.4 Å². The molecule has 2 heterocycles. The Hall–Kier alpha value is -1.79. The van der Waals surface area contributed by atoms with Crippen LogP contribution >= 0.6 is 23.1 Å². The molecule has 1 aromatic carbocycles. The SMILES string of the molecule is Cn1c(SCCCOc2ccccc2)nc2sc3c(c2c1=O)CCC3. The van der Waals surface area contributed by atoms with E-state index in [0.29, 0.717) is 6.61 Å².